The fourth-order valence-electron chi connectivity index (χ4n) is 2.84. The quantitative estimate of drug-likeness (QED) is 0.454. The average Bonchev–Trinajstić information content (AvgIpc) is 2.98. The van der Waals surface area contributed by atoms with Gasteiger partial charge in [0.2, 0.25) is 6.10 Å². The molecule has 0 aliphatic carbocycles. The summed E-state index contributed by atoms with van der Waals surface area (Å²) in [6, 6.07) is 7.71. The van der Waals surface area contributed by atoms with E-state index in [-0.39, 0.29) is 6.61 Å². The van der Waals surface area contributed by atoms with Crippen molar-refractivity contribution < 1.29 is 47.7 Å². The third-order valence-corrected chi connectivity index (χ3v) is 4.08. The van der Waals surface area contributed by atoms with Crippen LogP contribution in [0.2, 0.25) is 0 Å². The average molecular weight is 437 g/mol. The summed E-state index contributed by atoms with van der Waals surface area (Å²) in [7, 11) is 0. The van der Waals surface area contributed by atoms with Crippen LogP contribution in [-0.2, 0) is 49.5 Å². The summed E-state index contributed by atoms with van der Waals surface area (Å²) in [4.78, 5) is 58.6. The zero-order valence-electron chi connectivity index (χ0n) is 17.2. The maximum atomic E-state index is 12.3. The van der Waals surface area contributed by atoms with Crippen molar-refractivity contribution in [3.8, 4) is 0 Å². The molecule has 0 unspecified atom stereocenters. The van der Waals surface area contributed by atoms with Crippen LogP contribution in [0.4, 0.5) is 4.79 Å². The molecule has 1 aromatic carbocycles. The van der Waals surface area contributed by atoms with Crippen LogP contribution < -0.4 is 5.32 Å². The van der Waals surface area contributed by atoms with Gasteiger partial charge in [0.1, 0.15) is 19.3 Å². The van der Waals surface area contributed by atoms with Gasteiger partial charge in [-0.2, -0.15) is 0 Å². The molecule has 0 bridgehead atoms. The van der Waals surface area contributed by atoms with E-state index < -0.39 is 60.9 Å². The highest BCUT2D eigenvalue weighted by atomic mass is 16.7. The first-order valence-corrected chi connectivity index (χ1v) is 9.33. The Hall–Kier alpha value is -3.63. The summed E-state index contributed by atoms with van der Waals surface area (Å²) in [5.41, 5.74) is 0.731. The Kier molecular flexibility index (Phi) is 8.35. The van der Waals surface area contributed by atoms with Crippen molar-refractivity contribution in [2.75, 3.05) is 6.61 Å². The fourth-order valence-corrected chi connectivity index (χ4v) is 2.84. The van der Waals surface area contributed by atoms with E-state index in [0.29, 0.717) is 0 Å². The summed E-state index contributed by atoms with van der Waals surface area (Å²) in [6.07, 6.45) is -5.10. The second-order valence-electron chi connectivity index (χ2n) is 6.62. The van der Waals surface area contributed by atoms with E-state index in [1.54, 1.807) is 24.3 Å². The largest absolute Gasteiger partial charge is 0.464 e. The van der Waals surface area contributed by atoms with Gasteiger partial charge in [-0.05, 0) is 5.56 Å². The molecule has 0 saturated carbocycles. The minimum Gasteiger partial charge on any atom is -0.464 e. The van der Waals surface area contributed by atoms with Crippen molar-refractivity contribution in [1.82, 2.24) is 5.32 Å². The van der Waals surface area contributed by atoms with Crippen LogP contribution in [0.15, 0.2) is 30.3 Å². The smallest absolute Gasteiger partial charge is 0.407 e. The van der Waals surface area contributed by atoms with Gasteiger partial charge in [-0.15, -0.1) is 0 Å². The molecular formula is C20H23NO10. The Morgan fingerprint density at radius 2 is 1.61 bits per heavy atom. The summed E-state index contributed by atoms with van der Waals surface area (Å²) in [5.74, 6) is -3.21. The van der Waals surface area contributed by atoms with E-state index in [9.17, 15) is 24.0 Å². The Bertz CT molecular complexity index is 825. The predicted octanol–water partition coefficient (Wildman–Crippen LogP) is 0.633. The van der Waals surface area contributed by atoms with Gasteiger partial charge >= 0.3 is 30.0 Å². The molecule has 11 nitrogen and oxygen atoms in total. The number of hydrogen-bond acceptors (Lipinski definition) is 10. The standard InChI is InChI=1S/C20H23NO10/c1-11(22)27-10-15(21-20(26)28-9-14-7-5-4-6-8-14)16-17(29-12(2)23)18(19(25)31-16)30-13(3)24/h4-8,15-18H,9-10H2,1-3H3,(H,21,26)/t15-,16+,17+,18-/m0/s1. The molecule has 2 rings (SSSR count). The molecule has 0 spiro atoms. The zero-order chi connectivity index (χ0) is 23.0. The molecule has 168 valence electrons. The molecule has 4 atom stereocenters. The zero-order valence-corrected chi connectivity index (χ0v) is 17.2. The summed E-state index contributed by atoms with van der Waals surface area (Å²) < 4.78 is 25.3. The monoisotopic (exact) mass is 437 g/mol. The minimum absolute atomic E-state index is 0.0408. The second-order valence-corrected chi connectivity index (χ2v) is 6.62. The second kappa shape index (κ2) is 11.0. The van der Waals surface area contributed by atoms with Crippen molar-refractivity contribution in [3.05, 3.63) is 35.9 Å². The number of cyclic esters (lactones) is 1. The number of benzene rings is 1. The van der Waals surface area contributed by atoms with Gasteiger partial charge in [0.25, 0.3) is 0 Å². The molecule has 1 aliphatic heterocycles. The maximum absolute atomic E-state index is 12.3. The molecule has 11 heteroatoms. The number of carbonyl (C=O) groups is 5. The van der Waals surface area contributed by atoms with Crippen LogP contribution in [0.5, 0.6) is 0 Å². The first kappa shape index (κ1) is 23.6. The fraction of sp³-hybridized carbons (Fsp3) is 0.450. The van der Waals surface area contributed by atoms with Gasteiger partial charge in [-0.1, -0.05) is 30.3 Å². The number of amides is 1. The van der Waals surface area contributed by atoms with Crippen molar-refractivity contribution in [1.29, 1.82) is 0 Å². The van der Waals surface area contributed by atoms with Gasteiger partial charge in [0.05, 0.1) is 0 Å². The van der Waals surface area contributed by atoms with Gasteiger partial charge in [0.15, 0.2) is 12.2 Å². The van der Waals surface area contributed by atoms with E-state index in [1.165, 1.54) is 0 Å². The molecule has 1 saturated heterocycles. The number of alkyl carbamates (subject to hydrolysis) is 1. The summed E-state index contributed by atoms with van der Waals surface area (Å²) in [6.45, 7) is 2.85. The Balaban J connectivity index is 2.15. The lowest BCUT2D eigenvalue weighted by Crippen LogP contribution is -2.53. The van der Waals surface area contributed by atoms with Crippen LogP contribution in [0.25, 0.3) is 0 Å². The number of ether oxygens (including phenoxy) is 5. The molecule has 0 radical (unpaired) electrons. The first-order chi connectivity index (χ1) is 14.7. The van der Waals surface area contributed by atoms with E-state index in [4.69, 9.17) is 23.7 Å². The van der Waals surface area contributed by atoms with Crippen molar-refractivity contribution in [2.24, 2.45) is 0 Å². The third-order valence-electron chi connectivity index (χ3n) is 4.08. The van der Waals surface area contributed by atoms with Crippen LogP contribution >= 0.6 is 0 Å². The van der Waals surface area contributed by atoms with Crippen LogP contribution in [0.1, 0.15) is 26.3 Å². The topological polar surface area (TPSA) is 144 Å². The van der Waals surface area contributed by atoms with Crippen LogP contribution in [0, 0.1) is 0 Å². The summed E-state index contributed by atoms with van der Waals surface area (Å²) >= 11 is 0. The number of carbonyl (C=O) groups excluding carboxylic acids is 5. The SMILES string of the molecule is CC(=O)OC[C@H](NC(=O)OCc1ccccc1)[C@H]1OC(=O)[C@@H](OC(C)=O)[C@@H]1OC(C)=O. The molecule has 1 heterocycles. The molecule has 1 amide bonds. The Morgan fingerprint density at radius 1 is 0.968 bits per heavy atom. The van der Waals surface area contributed by atoms with Crippen molar-refractivity contribution in [2.45, 2.75) is 51.7 Å². The molecule has 31 heavy (non-hydrogen) atoms. The van der Waals surface area contributed by atoms with Gasteiger partial charge in [-0.3, -0.25) is 14.4 Å². The van der Waals surface area contributed by atoms with Crippen LogP contribution in [-0.4, -0.2) is 60.9 Å². The van der Waals surface area contributed by atoms with Crippen LogP contribution in [0.3, 0.4) is 0 Å². The van der Waals surface area contributed by atoms with Crippen molar-refractivity contribution >= 4 is 30.0 Å². The molecule has 1 aliphatic rings. The Labute approximate surface area is 177 Å². The lowest BCUT2D eigenvalue weighted by atomic mass is 10.0. The van der Waals surface area contributed by atoms with E-state index in [1.807, 2.05) is 6.07 Å². The highest BCUT2D eigenvalue weighted by Gasteiger charge is 2.53. The Morgan fingerprint density at radius 3 is 2.19 bits per heavy atom. The predicted molar refractivity (Wildman–Crippen MR) is 101 cm³/mol. The number of rotatable bonds is 8. The summed E-state index contributed by atoms with van der Waals surface area (Å²) in [5, 5.41) is 2.43. The number of esters is 4. The number of nitrogens with one attached hydrogen (secondary N) is 1. The highest BCUT2D eigenvalue weighted by Crippen LogP contribution is 2.25. The molecule has 0 aromatic heterocycles. The molecule has 1 fully saturated rings. The lowest BCUT2D eigenvalue weighted by Gasteiger charge is -2.27. The maximum Gasteiger partial charge on any atom is 0.407 e. The molecular weight excluding hydrogens is 414 g/mol. The van der Waals surface area contributed by atoms with E-state index in [0.717, 1.165) is 26.3 Å². The normalized spacial score (nSPS) is 20.7. The van der Waals surface area contributed by atoms with E-state index in [2.05, 4.69) is 5.32 Å². The number of hydrogen-bond donors (Lipinski definition) is 1. The van der Waals surface area contributed by atoms with Gasteiger partial charge in [-0.25, -0.2) is 9.59 Å². The molecule has 1 aromatic rings. The highest BCUT2D eigenvalue weighted by molar-refractivity contribution is 5.82. The van der Waals surface area contributed by atoms with Crippen molar-refractivity contribution in [3.63, 3.8) is 0 Å². The van der Waals surface area contributed by atoms with E-state index >= 15 is 0 Å². The van der Waals surface area contributed by atoms with Gasteiger partial charge < -0.3 is 29.0 Å². The minimum atomic E-state index is -1.53. The van der Waals surface area contributed by atoms with Gasteiger partial charge in [0, 0.05) is 20.8 Å². The molecule has 1 N–H and O–H groups in total. The first-order valence-electron chi connectivity index (χ1n) is 9.33. The third kappa shape index (κ3) is 7.28. The lowest BCUT2D eigenvalue weighted by molar-refractivity contribution is -0.166.